The molecule has 0 radical (unpaired) electrons. The number of rotatable bonds is 7. The summed E-state index contributed by atoms with van der Waals surface area (Å²) in [6, 6.07) is 8.32. The Morgan fingerprint density at radius 1 is 1.11 bits per heavy atom. The molecule has 1 amide bonds. The first-order chi connectivity index (χ1) is 18.4. The third kappa shape index (κ3) is 5.39. The third-order valence-corrected chi connectivity index (χ3v) is 7.43. The Morgan fingerprint density at radius 2 is 1.89 bits per heavy atom. The molecule has 0 spiro atoms. The van der Waals surface area contributed by atoms with E-state index in [1.54, 1.807) is 23.2 Å². The van der Waals surface area contributed by atoms with E-state index in [0.29, 0.717) is 80.9 Å². The number of nitrogens with one attached hydrogen (secondary N) is 2. The van der Waals surface area contributed by atoms with Gasteiger partial charge in [-0.2, -0.15) is 4.39 Å². The van der Waals surface area contributed by atoms with Crippen molar-refractivity contribution >= 4 is 22.5 Å². The Labute approximate surface area is 218 Å². The van der Waals surface area contributed by atoms with E-state index in [9.17, 15) is 18.4 Å². The van der Waals surface area contributed by atoms with Gasteiger partial charge in [-0.25, -0.2) is 14.4 Å². The van der Waals surface area contributed by atoms with Crippen molar-refractivity contribution in [1.82, 2.24) is 25.3 Å². The van der Waals surface area contributed by atoms with Gasteiger partial charge >= 0.3 is 0 Å². The maximum atomic E-state index is 15.2. The van der Waals surface area contributed by atoms with Crippen LogP contribution in [0.25, 0.3) is 10.9 Å². The number of carbonyl (C=O) groups is 1. The molecule has 202 valence electrons. The van der Waals surface area contributed by atoms with Gasteiger partial charge in [-0.05, 0) is 31.0 Å². The predicted molar refractivity (Wildman–Crippen MR) is 139 cm³/mol. The van der Waals surface area contributed by atoms with Crippen LogP contribution in [-0.2, 0) is 13.0 Å². The quantitative estimate of drug-likeness (QED) is 0.459. The Kier molecular flexibility index (Phi) is 7.66. The molecule has 8 nitrogen and oxygen atoms in total. The number of hydrazine groups is 1. The number of anilines is 1. The predicted octanol–water partition coefficient (Wildman–Crippen LogP) is 3.02. The summed E-state index contributed by atoms with van der Waals surface area (Å²) in [6.07, 6.45) is 1.24. The minimum absolute atomic E-state index is 0.0375. The summed E-state index contributed by atoms with van der Waals surface area (Å²) >= 11 is 0. The molecule has 2 aliphatic heterocycles. The monoisotopic (exact) mass is 528 g/mol. The smallest absolute Gasteiger partial charge is 0.284 e. The third-order valence-electron chi connectivity index (χ3n) is 7.43. The molecule has 38 heavy (non-hydrogen) atoms. The Bertz CT molecular complexity index is 1390. The van der Waals surface area contributed by atoms with Gasteiger partial charge in [0.05, 0.1) is 17.9 Å². The van der Waals surface area contributed by atoms with E-state index in [-0.39, 0.29) is 22.7 Å². The standard InChI is InChI=1S/C27H31F3N6O2/c1-2-18-13-19-3-4-20(23(29)24(19)32-26(18)37)16-34-9-11-35(12-10-34)22-6-5-21(31-25(22)30)27(38)33-36-8-7-17(14-28)15-36/h3-6,13,17H,2,7-12,14-16H2,1H3,(H,32,37)(H,33,38). The molecule has 5 rings (SSSR count). The number of pyridine rings is 2. The number of amides is 1. The topological polar surface area (TPSA) is 84.6 Å². The van der Waals surface area contributed by atoms with Crippen LogP contribution in [0.2, 0.25) is 0 Å². The van der Waals surface area contributed by atoms with E-state index >= 15 is 4.39 Å². The minimum atomic E-state index is -0.731. The first kappa shape index (κ1) is 26.2. The maximum Gasteiger partial charge on any atom is 0.284 e. The van der Waals surface area contributed by atoms with Crippen LogP contribution in [0.15, 0.2) is 35.1 Å². The summed E-state index contributed by atoms with van der Waals surface area (Å²) in [7, 11) is 0. The summed E-state index contributed by atoms with van der Waals surface area (Å²) < 4.78 is 42.9. The second-order valence-corrected chi connectivity index (χ2v) is 9.95. The number of alkyl halides is 1. The lowest BCUT2D eigenvalue weighted by atomic mass is 10.1. The first-order valence-corrected chi connectivity index (χ1v) is 12.9. The van der Waals surface area contributed by atoms with Crippen molar-refractivity contribution < 1.29 is 18.0 Å². The number of benzene rings is 1. The van der Waals surface area contributed by atoms with Gasteiger partial charge in [0.2, 0.25) is 5.95 Å². The number of aromatic amines is 1. The van der Waals surface area contributed by atoms with Gasteiger partial charge in [0.1, 0.15) is 5.69 Å². The number of hydrogen-bond donors (Lipinski definition) is 2. The zero-order valence-corrected chi connectivity index (χ0v) is 21.3. The fourth-order valence-electron chi connectivity index (χ4n) is 5.15. The summed E-state index contributed by atoms with van der Waals surface area (Å²) in [6.45, 7) is 4.97. The average molecular weight is 529 g/mol. The molecule has 2 aromatic heterocycles. The van der Waals surface area contributed by atoms with Gasteiger partial charge < -0.3 is 9.88 Å². The van der Waals surface area contributed by atoms with Gasteiger partial charge in [0.25, 0.3) is 11.5 Å². The van der Waals surface area contributed by atoms with Gasteiger partial charge in [-0.1, -0.05) is 19.1 Å². The number of hydrogen-bond acceptors (Lipinski definition) is 6. The maximum absolute atomic E-state index is 15.2. The number of nitrogens with zero attached hydrogens (tertiary/aromatic N) is 4. The molecular weight excluding hydrogens is 497 g/mol. The largest absolute Gasteiger partial charge is 0.365 e. The lowest BCUT2D eigenvalue weighted by Gasteiger charge is -2.36. The number of piperazine rings is 1. The molecule has 2 N–H and O–H groups in total. The highest BCUT2D eigenvalue weighted by Gasteiger charge is 2.26. The zero-order chi connectivity index (χ0) is 26.8. The van der Waals surface area contributed by atoms with Crippen LogP contribution < -0.4 is 15.9 Å². The molecule has 4 heterocycles. The molecule has 2 saturated heterocycles. The van der Waals surface area contributed by atoms with E-state index in [4.69, 9.17) is 0 Å². The van der Waals surface area contributed by atoms with Crippen molar-refractivity contribution in [2.75, 3.05) is 50.8 Å². The lowest BCUT2D eigenvalue weighted by molar-refractivity contribution is 0.0812. The number of aryl methyl sites for hydroxylation is 1. The molecule has 0 saturated carbocycles. The van der Waals surface area contributed by atoms with Crippen molar-refractivity contribution in [2.45, 2.75) is 26.3 Å². The van der Waals surface area contributed by atoms with Crippen LogP contribution in [0.5, 0.6) is 0 Å². The van der Waals surface area contributed by atoms with Crippen LogP contribution >= 0.6 is 0 Å². The molecule has 1 atom stereocenters. The highest BCUT2D eigenvalue weighted by molar-refractivity contribution is 5.92. The second-order valence-electron chi connectivity index (χ2n) is 9.95. The summed E-state index contributed by atoms with van der Waals surface area (Å²) in [5.41, 5.74) is 3.99. The summed E-state index contributed by atoms with van der Waals surface area (Å²) in [5.74, 6) is -1.78. The first-order valence-electron chi connectivity index (χ1n) is 12.9. The van der Waals surface area contributed by atoms with Gasteiger partial charge in [-0.15, -0.1) is 0 Å². The number of carbonyl (C=O) groups excluding carboxylic acids is 1. The normalized spacial score (nSPS) is 18.8. The summed E-state index contributed by atoms with van der Waals surface area (Å²) in [5, 5.41) is 2.30. The number of fused-ring (bicyclic) bond motifs is 1. The van der Waals surface area contributed by atoms with E-state index in [0.717, 1.165) is 0 Å². The van der Waals surface area contributed by atoms with Crippen LogP contribution in [0.3, 0.4) is 0 Å². The van der Waals surface area contributed by atoms with Crippen molar-refractivity contribution in [1.29, 1.82) is 0 Å². The number of halogens is 3. The van der Waals surface area contributed by atoms with Gasteiger partial charge in [0.15, 0.2) is 5.82 Å². The zero-order valence-electron chi connectivity index (χ0n) is 21.3. The Balaban J connectivity index is 1.19. The molecule has 3 aromatic rings. The fraction of sp³-hybridized carbons (Fsp3) is 0.444. The van der Waals surface area contributed by atoms with Gasteiger partial charge in [0, 0.05) is 68.2 Å². The molecule has 11 heteroatoms. The Hall–Kier alpha value is -3.44. The van der Waals surface area contributed by atoms with E-state index in [1.807, 2.05) is 17.9 Å². The van der Waals surface area contributed by atoms with Crippen LogP contribution in [0.4, 0.5) is 18.9 Å². The fourth-order valence-corrected chi connectivity index (χ4v) is 5.15. The van der Waals surface area contributed by atoms with Crippen molar-refractivity contribution in [2.24, 2.45) is 5.92 Å². The molecular formula is C27H31F3N6O2. The van der Waals surface area contributed by atoms with Crippen LogP contribution in [-0.4, -0.2) is 71.7 Å². The van der Waals surface area contributed by atoms with E-state index in [2.05, 4.69) is 20.3 Å². The molecule has 0 bridgehead atoms. The van der Waals surface area contributed by atoms with Crippen LogP contribution in [0.1, 0.15) is 35.0 Å². The van der Waals surface area contributed by atoms with Crippen LogP contribution in [0, 0.1) is 17.7 Å². The molecule has 0 aliphatic carbocycles. The summed E-state index contributed by atoms with van der Waals surface area (Å²) in [4.78, 5) is 35.1. The van der Waals surface area contributed by atoms with Crippen molar-refractivity contribution in [3.8, 4) is 0 Å². The SMILES string of the molecule is CCc1cc2ccc(CN3CCN(c4ccc(C(=O)NN5CCC(CF)C5)nc4F)CC3)c(F)c2[nH]c1=O. The number of aromatic nitrogens is 2. The molecule has 2 aliphatic rings. The highest BCUT2D eigenvalue weighted by Crippen LogP contribution is 2.24. The number of H-pyrrole nitrogens is 1. The lowest BCUT2D eigenvalue weighted by Crippen LogP contribution is -2.46. The second kappa shape index (κ2) is 11.1. The molecule has 2 fully saturated rings. The minimum Gasteiger partial charge on any atom is -0.365 e. The Morgan fingerprint density at radius 3 is 2.58 bits per heavy atom. The van der Waals surface area contributed by atoms with Crippen molar-refractivity contribution in [3.63, 3.8) is 0 Å². The molecule has 1 unspecified atom stereocenters. The highest BCUT2D eigenvalue weighted by atomic mass is 19.1. The van der Waals surface area contributed by atoms with E-state index < -0.39 is 24.3 Å². The van der Waals surface area contributed by atoms with Crippen molar-refractivity contribution in [3.05, 3.63) is 69.3 Å². The average Bonchev–Trinajstić information content (AvgIpc) is 3.38. The molecule has 1 aromatic carbocycles. The van der Waals surface area contributed by atoms with E-state index in [1.165, 1.54) is 6.07 Å². The van der Waals surface area contributed by atoms with Gasteiger partial charge in [-0.3, -0.25) is 24.3 Å².